The van der Waals surface area contributed by atoms with Crippen molar-refractivity contribution in [2.75, 3.05) is 0 Å². The van der Waals surface area contributed by atoms with Gasteiger partial charge >= 0.3 is 37.7 Å². The minimum atomic E-state index is -4.49. The third-order valence-corrected chi connectivity index (χ3v) is 3.73. The van der Waals surface area contributed by atoms with Crippen molar-refractivity contribution in [1.29, 1.82) is 0 Å². The Morgan fingerprint density at radius 1 is 0.950 bits per heavy atom. The summed E-state index contributed by atoms with van der Waals surface area (Å²) < 4.78 is 53.8. The number of benzene rings is 2. The van der Waals surface area contributed by atoms with E-state index in [0.29, 0.717) is 10.8 Å². The topological polar surface area (TPSA) is 127 Å². The second-order valence-electron chi connectivity index (χ2n) is 3.36. The third-order valence-electron chi connectivity index (χ3n) is 2.26. The monoisotopic (exact) mass is 301 g/mol. The van der Waals surface area contributed by atoms with Crippen LogP contribution in [0.15, 0.2) is 46.2 Å². The average Bonchev–Trinajstić information content (AvgIpc) is 2.26. The molecule has 0 heterocycles. The van der Waals surface area contributed by atoms with Crippen molar-refractivity contribution in [2.45, 2.75) is 9.79 Å². The predicted octanol–water partition coefficient (Wildman–Crippen LogP) is -5.19. The van der Waals surface area contributed by atoms with Crippen LogP contribution in [-0.2, 0) is 21.2 Å². The number of hydrogen-bond acceptors (Lipinski definition) is 6. The standard InChI is InChI=1S/C10H8O5S2.2Li.H2O/c11-16(12)9-3-1-8-6-10(17(13,14)15)4-2-7(8)5-9;;;/h1-6H,(H,11,12)(H,13,14,15);;;1H2/q;2*+1;/p-3. The summed E-state index contributed by atoms with van der Waals surface area (Å²) in [5.74, 6) is 0. The Morgan fingerprint density at radius 2 is 1.45 bits per heavy atom. The van der Waals surface area contributed by atoms with Crippen molar-refractivity contribution in [2.24, 2.45) is 0 Å². The van der Waals surface area contributed by atoms with Crippen LogP contribution in [0, 0.1) is 0 Å². The zero-order chi connectivity index (χ0) is 12.6. The van der Waals surface area contributed by atoms with Gasteiger partial charge in [-0.05, 0) is 46.1 Å². The summed E-state index contributed by atoms with van der Waals surface area (Å²) in [5.41, 5.74) is 0. The molecule has 98 valence electrons. The van der Waals surface area contributed by atoms with Gasteiger partial charge in [0.1, 0.15) is 10.1 Å². The molecule has 0 fully saturated rings. The molecule has 2 aromatic carbocycles. The van der Waals surface area contributed by atoms with Crippen LogP contribution in [0.1, 0.15) is 0 Å². The van der Waals surface area contributed by atoms with Gasteiger partial charge in [-0.15, -0.1) is 0 Å². The molecule has 0 saturated heterocycles. The van der Waals surface area contributed by atoms with E-state index in [4.69, 9.17) is 0 Å². The maximum absolute atomic E-state index is 10.8. The molecule has 6 nitrogen and oxygen atoms in total. The van der Waals surface area contributed by atoms with E-state index in [-0.39, 0.29) is 53.0 Å². The van der Waals surface area contributed by atoms with E-state index >= 15 is 0 Å². The van der Waals surface area contributed by atoms with E-state index < -0.39 is 21.2 Å². The summed E-state index contributed by atoms with van der Waals surface area (Å²) in [6, 6.07) is 7.97. The third kappa shape index (κ3) is 5.01. The Balaban J connectivity index is 0. The first-order valence-electron chi connectivity index (χ1n) is 4.47. The molecule has 0 aliphatic rings. The fourth-order valence-electron chi connectivity index (χ4n) is 1.46. The first kappa shape index (κ1) is 22.2. The molecule has 0 aliphatic carbocycles. The minimum Gasteiger partial charge on any atom is -0.870 e. The molecule has 0 spiro atoms. The van der Waals surface area contributed by atoms with Gasteiger partial charge < -0.3 is 14.6 Å². The van der Waals surface area contributed by atoms with Gasteiger partial charge in [0.2, 0.25) is 0 Å². The molecule has 1 atom stereocenters. The Bertz CT molecular complexity index is 717. The summed E-state index contributed by atoms with van der Waals surface area (Å²) in [7, 11) is -4.49. The molecule has 0 bridgehead atoms. The maximum Gasteiger partial charge on any atom is 1.00 e. The molecular formula is C10H7Li2O6S2-. The van der Waals surface area contributed by atoms with Crippen molar-refractivity contribution < 1.29 is 64.9 Å². The first-order chi connectivity index (χ1) is 7.88. The fourth-order valence-corrected chi connectivity index (χ4v) is 2.37. The smallest absolute Gasteiger partial charge is 0.870 e. The molecule has 0 aromatic heterocycles. The SMILES string of the molecule is O=S([O-])c1ccc2cc(S(=O)(=O)[O-])ccc2c1.[Li+].[Li+].[OH-]. The van der Waals surface area contributed by atoms with Gasteiger partial charge in [-0.3, -0.25) is 4.21 Å². The van der Waals surface area contributed by atoms with Crippen LogP contribution < -0.4 is 37.7 Å². The molecule has 0 radical (unpaired) electrons. The van der Waals surface area contributed by atoms with E-state index in [0.717, 1.165) is 6.07 Å². The molecule has 2 aromatic rings. The van der Waals surface area contributed by atoms with Gasteiger partial charge in [-0.1, -0.05) is 12.1 Å². The summed E-state index contributed by atoms with van der Waals surface area (Å²) in [4.78, 5) is -0.226. The van der Waals surface area contributed by atoms with Gasteiger partial charge in [-0.25, -0.2) is 8.42 Å². The van der Waals surface area contributed by atoms with Crippen LogP contribution in [0.5, 0.6) is 0 Å². The normalized spacial score (nSPS) is 11.7. The molecule has 20 heavy (non-hydrogen) atoms. The molecule has 0 amide bonds. The minimum absolute atomic E-state index is 0. The second kappa shape index (κ2) is 8.35. The van der Waals surface area contributed by atoms with E-state index in [9.17, 15) is 21.7 Å². The van der Waals surface area contributed by atoms with E-state index in [1.807, 2.05) is 0 Å². The average molecular weight is 301 g/mol. The van der Waals surface area contributed by atoms with Crippen LogP contribution >= 0.6 is 0 Å². The van der Waals surface area contributed by atoms with Crippen molar-refractivity contribution >= 4 is 32.0 Å². The van der Waals surface area contributed by atoms with Crippen LogP contribution in [0.2, 0.25) is 0 Å². The van der Waals surface area contributed by atoms with Crippen molar-refractivity contribution in [3.63, 3.8) is 0 Å². The fraction of sp³-hybridized carbons (Fsp3) is 0. The van der Waals surface area contributed by atoms with Crippen LogP contribution in [0.4, 0.5) is 0 Å². The second-order valence-corrected chi connectivity index (χ2v) is 5.68. The summed E-state index contributed by atoms with van der Waals surface area (Å²) in [5, 5.41) is 1.05. The Labute approximate surface area is 142 Å². The molecule has 10 heteroatoms. The number of hydrogen-bond donors (Lipinski definition) is 0. The van der Waals surface area contributed by atoms with Crippen LogP contribution in [-0.4, -0.2) is 27.2 Å². The molecule has 0 saturated carbocycles. The molecule has 0 aliphatic heterocycles. The van der Waals surface area contributed by atoms with Gasteiger partial charge in [0, 0.05) is 4.90 Å². The first-order valence-corrected chi connectivity index (χ1v) is 6.95. The summed E-state index contributed by atoms with van der Waals surface area (Å²) in [6.07, 6.45) is 0. The maximum atomic E-state index is 10.8. The molecular weight excluding hydrogens is 294 g/mol. The van der Waals surface area contributed by atoms with Crippen molar-refractivity contribution in [1.82, 2.24) is 0 Å². The van der Waals surface area contributed by atoms with E-state index in [1.165, 1.54) is 30.3 Å². The van der Waals surface area contributed by atoms with Crippen LogP contribution in [0.25, 0.3) is 10.8 Å². The quantitative estimate of drug-likeness (QED) is 0.310. The molecule has 1 unspecified atom stereocenters. The summed E-state index contributed by atoms with van der Waals surface area (Å²) >= 11 is -2.34. The van der Waals surface area contributed by atoms with Crippen molar-refractivity contribution in [3.05, 3.63) is 36.4 Å². The number of fused-ring (bicyclic) bond motifs is 1. The van der Waals surface area contributed by atoms with Gasteiger partial charge in [0.25, 0.3) is 0 Å². The summed E-state index contributed by atoms with van der Waals surface area (Å²) in [6.45, 7) is 0. The zero-order valence-corrected chi connectivity index (χ0v) is 12.4. The zero-order valence-electron chi connectivity index (χ0n) is 10.8. The Morgan fingerprint density at radius 3 is 1.95 bits per heavy atom. The van der Waals surface area contributed by atoms with Crippen LogP contribution in [0.3, 0.4) is 0 Å². The van der Waals surface area contributed by atoms with Crippen molar-refractivity contribution in [3.8, 4) is 0 Å². The largest absolute Gasteiger partial charge is 1.00 e. The Hall–Kier alpha value is -0.125. The van der Waals surface area contributed by atoms with Gasteiger partial charge in [-0.2, -0.15) is 0 Å². The molecule has 2 rings (SSSR count). The number of rotatable bonds is 2. The van der Waals surface area contributed by atoms with Gasteiger partial charge in [0.15, 0.2) is 0 Å². The molecule has 1 N–H and O–H groups in total. The predicted molar refractivity (Wildman–Crippen MR) is 61.0 cm³/mol. The van der Waals surface area contributed by atoms with Gasteiger partial charge in [0.05, 0.1) is 4.90 Å². The van der Waals surface area contributed by atoms with E-state index in [2.05, 4.69) is 0 Å². The van der Waals surface area contributed by atoms with E-state index in [1.54, 1.807) is 0 Å². The Kier molecular flexibility index (Phi) is 9.25.